The van der Waals surface area contributed by atoms with Crippen molar-refractivity contribution < 1.29 is 4.74 Å². The van der Waals surface area contributed by atoms with Crippen LogP contribution in [0, 0.1) is 5.92 Å². The van der Waals surface area contributed by atoms with E-state index in [1.165, 1.54) is 62.9 Å². The van der Waals surface area contributed by atoms with E-state index in [1.807, 2.05) is 0 Å². The van der Waals surface area contributed by atoms with Crippen LogP contribution in [-0.2, 0) is 19.4 Å². The summed E-state index contributed by atoms with van der Waals surface area (Å²) in [5.41, 5.74) is 4.40. The molecule has 150 valence electrons. The van der Waals surface area contributed by atoms with Crippen LogP contribution in [0.2, 0.25) is 0 Å². The molecule has 1 heterocycles. The van der Waals surface area contributed by atoms with Gasteiger partial charge in [0, 0.05) is 19.6 Å². The lowest BCUT2D eigenvalue weighted by Crippen LogP contribution is -2.30. The summed E-state index contributed by atoms with van der Waals surface area (Å²) in [7, 11) is 2.16. The Morgan fingerprint density at radius 2 is 1.86 bits per heavy atom. The maximum absolute atomic E-state index is 6.07. The standard InChI is InChI=1S/C25H34N2O/c1-26(19-21-7-3-2-4-8-21)15-16-28-25-12-11-23-17-22(9-10-24(23)18-25)20-27-13-5-6-14-27/h2-4,7-8,11-12,18,22H,5-6,9-10,13-17,19-20H2,1H3. The Hall–Kier alpha value is -1.84. The second-order valence-electron chi connectivity index (χ2n) is 8.62. The summed E-state index contributed by atoms with van der Waals surface area (Å²) in [6, 6.07) is 17.4. The van der Waals surface area contributed by atoms with Gasteiger partial charge < -0.3 is 9.64 Å². The van der Waals surface area contributed by atoms with E-state index in [4.69, 9.17) is 4.74 Å². The molecule has 0 radical (unpaired) electrons. The lowest BCUT2D eigenvalue weighted by Gasteiger charge is -2.28. The molecule has 0 N–H and O–H groups in total. The smallest absolute Gasteiger partial charge is 0.119 e. The normalized spacial score (nSPS) is 19.7. The zero-order valence-corrected chi connectivity index (χ0v) is 17.3. The van der Waals surface area contributed by atoms with Gasteiger partial charge in [0.1, 0.15) is 12.4 Å². The first-order valence-electron chi connectivity index (χ1n) is 11.0. The molecule has 1 aliphatic heterocycles. The molecule has 0 saturated carbocycles. The molecule has 1 unspecified atom stereocenters. The van der Waals surface area contributed by atoms with E-state index in [1.54, 1.807) is 5.56 Å². The van der Waals surface area contributed by atoms with Crippen molar-refractivity contribution in [3.63, 3.8) is 0 Å². The van der Waals surface area contributed by atoms with Crippen LogP contribution >= 0.6 is 0 Å². The highest BCUT2D eigenvalue weighted by Gasteiger charge is 2.22. The fourth-order valence-electron chi connectivity index (χ4n) is 4.68. The van der Waals surface area contributed by atoms with Crippen LogP contribution in [0.25, 0.3) is 0 Å². The number of ether oxygens (including phenoxy) is 1. The van der Waals surface area contributed by atoms with Crippen molar-refractivity contribution in [3.05, 3.63) is 65.2 Å². The summed E-state index contributed by atoms with van der Waals surface area (Å²) in [5, 5.41) is 0. The number of fused-ring (bicyclic) bond motifs is 1. The van der Waals surface area contributed by atoms with Crippen molar-refractivity contribution in [3.8, 4) is 5.75 Å². The van der Waals surface area contributed by atoms with Gasteiger partial charge in [-0.25, -0.2) is 0 Å². The molecule has 0 spiro atoms. The molecule has 28 heavy (non-hydrogen) atoms. The third kappa shape index (κ3) is 5.36. The largest absolute Gasteiger partial charge is 0.492 e. The molecule has 0 amide bonds. The Bertz CT molecular complexity index is 739. The Morgan fingerprint density at radius 1 is 1.04 bits per heavy atom. The summed E-state index contributed by atoms with van der Waals surface area (Å²) in [4.78, 5) is 4.98. The monoisotopic (exact) mass is 378 g/mol. The highest BCUT2D eigenvalue weighted by molar-refractivity contribution is 5.37. The van der Waals surface area contributed by atoms with Gasteiger partial charge in [0.2, 0.25) is 0 Å². The van der Waals surface area contributed by atoms with Crippen LogP contribution in [0.4, 0.5) is 0 Å². The van der Waals surface area contributed by atoms with Crippen molar-refractivity contribution in [2.75, 3.05) is 39.8 Å². The predicted octanol–water partition coefficient (Wildman–Crippen LogP) is 4.40. The molecule has 1 aliphatic carbocycles. The topological polar surface area (TPSA) is 15.7 Å². The lowest BCUT2D eigenvalue weighted by molar-refractivity contribution is 0.232. The van der Waals surface area contributed by atoms with Gasteiger partial charge in [-0.3, -0.25) is 4.90 Å². The lowest BCUT2D eigenvalue weighted by atomic mass is 9.83. The zero-order valence-electron chi connectivity index (χ0n) is 17.3. The van der Waals surface area contributed by atoms with Crippen LogP contribution in [0.15, 0.2) is 48.5 Å². The van der Waals surface area contributed by atoms with Crippen LogP contribution < -0.4 is 4.74 Å². The van der Waals surface area contributed by atoms with Gasteiger partial charge in [0.15, 0.2) is 0 Å². The zero-order chi connectivity index (χ0) is 19.2. The Morgan fingerprint density at radius 3 is 2.68 bits per heavy atom. The number of benzene rings is 2. The van der Waals surface area contributed by atoms with Crippen LogP contribution in [0.1, 0.15) is 36.0 Å². The molecule has 1 fully saturated rings. The summed E-state index contributed by atoms with van der Waals surface area (Å²) >= 11 is 0. The molecule has 1 atom stereocenters. The van der Waals surface area contributed by atoms with E-state index < -0.39 is 0 Å². The predicted molar refractivity (Wildman–Crippen MR) is 116 cm³/mol. The van der Waals surface area contributed by atoms with Gasteiger partial charge in [0.25, 0.3) is 0 Å². The van der Waals surface area contributed by atoms with Gasteiger partial charge in [-0.15, -0.1) is 0 Å². The Kier molecular flexibility index (Phi) is 6.66. The van der Waals surface area contributed by atoms with E-state index in [2.05, 4.69) is 65.4 Å². The average molecular weight is 379 g/mol. The number of aryl methyl sites for hydroxylation is 1. The molecule has 2 aromatic rings. The summed E-state index contributed by atoms with van der Waals surface area (Å²) in [6.07, 6.45) is 6.56. The highest BCUT2D eigenvalue weighted by atomic mass is 16.5. The van der Waals surface area contributed by atoms with Gasteiger partial charge >= 0.3 is 0 Å². The number of nitrogens with zero attached hydrogens (tertiary/aromatic N) is 2. The van der Waals surface area contributed by atoms with Crippen molar-refractivity contribution in [2.45, 2.75) is 38.6 Å². The average Bonchev–Trinajstić information content (AvgIpc) is 3.22. The molecule has 4 rings (SSSR count). The van der Waals surface area contributed by atoms with Crippen molar-refractivity contribution in [1.82, 2.24) is 9.80 Å². The SMILES string of the molecule is CN(CCOc1ccc2c(c1)CCC(CN1CCCC1)C2)Cc1ccccc1. The van der Waals surface area contributed by atoms with Gasteiger partial charge in [-0.1, -0.05) is 36.4 Å². The first kappa shape index (κ1) is 19.5. The molecule has 1 saturated heterocycles. The van der Waals surface area contributed by atoms with Crippen molar-refractivity contribution in [1.29, 1.82) is 0 Å². The number of hydrogen-bond donors (Lipinski definition) is 0. The second kappa shape index (κ2) is 9.58. The fraction of sp³-hybridized carbons (Fsp3) is 0.520. The molecule has 3 heteroatoms. The van der Waals surface area contributed by atoms with Crippen LogP contribution in [-0.4, -0.2) is 49.6 Å². The maximum atomic E-state index is 6.07. The number of likely N-dealkylation sites (tertiary alicyclic amines) is 1. The molecular weight excluding hydrogens is 344 g/mol. The Labute approximate surface area is 170 Å². The van der Waals surface area contributed by atoms with Crippen molar-refractivity contribution >= 4 is 0 Å². The van der Waals surface area contributed by atoms with Gasteiger partial charge in [0.05, 0.1) is 0 Å². The third-order valence-electron chi connectivity index (χ3n) is 6.26. The van der Waals surface area contributed by atoms with E-state index >= 15 is 0 Å². The van der Waals surface area contributed by atoms with Crippen molar-refractivity contribution in [2.24, 2.45) is 5.92 Å². The number of likely N-dealkylation sites (N-methyl/N-ethyl adjacent to an activating group) is 1. The number of hydrogen-bond acceptors (Lipinski definition) is 3. The van der Waals surface area contributed by atoms with E-state index in [0.29, 0.717) is 0 Å². The quantitative estimate of drug-likeness (QED) is 0.677. The van der Waals surface area contributed by atoms with E-state index in [9.17, 15) is 0 Å². The molecule has 2 aromatic carbocycles. The Balaban J connectivity index is 1.23. The summed E-state index contributed by atoms with van der Waals surface area (Å²) in [5.74, 6) is 1.87. The molecule has 0 bridgehead atoms. The number of rotatable bonds is 8. The minimum absolute atomic E-state index is 0.736. The summed E-state index contributed by atoms with van der Waals surface area (Å²) in [6.45, 7) is 6.56. The molecule has 2 aliphatic rings. The van der Waals surface area contributed by atoms with Gasteiger partial charge in [-0.05, 0) is 87.0 Å². The third-order valence-corrected chi connectivity index (χ3v) is 6.26. The molecular formula is C25H34N2O. The minimum atomic E-state index is 0.736. The van der Waals surface area contributed by atoms with Crippen LogP contribution in [0.3, 0.4) is 0 Å². The summed E-state index contributed by atoms with van der Waals surface area (Å²) < 4.78 is 6.07. The first-order valence-corrected chi connectivity index (χ1v) is 11.0. The second-order valence-corrected chi connectivity index (χ2v) is 8.62. The maximum Gasteiger partial charge on any atom is 0.119 e. The molecule has 3 nitrogen and oxygen atoms in total. The van der Waals surface area contributed by atoms with Crippen LogP contribution in [0.5, 0.6) is 5.75 Å². The minimum Gasteiger partial charge on any atom is -0.492 e. The molecule has 0 aromatic heterocycles. The highest BCUT2D eigenvalue weighted by Crippen LogP contribution is 2.29. The van der Waals surface area contributed by atoms with E-state index in [0.717, 1.165) is 31.4 Å². The fourth-order valence-corrected chi connectivity index (χ4v) is 4.68. The first-order chi connectivity index (χ1) is 13.8. The van der Waals surface area contributed by atoms with E-state index in [-0.39, 0.29) is 0 Å². The van der Waals surface area contributed by atoms with Gasteiger partial charge in [-0.2, -0.15) is 0 Å².